The van der Waals surface area contributed by atoms with Crippen LogP contribution in [0.1, 0.15) is 39.5 Å². The maximum atomic E-state index is 5.79. The molecule has 2 saturated carbocycles. The summed E-state index contributed by atoms with van der Waals surface area (Å²) in [7, 11) is 0. The maximum Gasteiger partial charge on any atom is 0.0685 e. The third kappa shape index (κ3) is 1.10. The van der Waals surface area contributed by atoms with Gasteiger partial charge < -0.3 is 10.1 Å². The Kier molecular flexibility index (Phi) is 1.94. The lowest BCUT2D eigenvalue weighted by Crippen LogP contribution is -2.67. The van der Waals surface area contributed by atoms with Gasteiger partial charge in [0.15, 0.2) is 0 Å². The Bertz CT molecular complexity index is 234. The summed E-state index contributed by atoms with van der Waals surface area (Å²) < 4.78 is 5.79. The van der Waals surface area contributed by atoms with Crippen LogP contribution in [0.3, 0.4) is 0 Å². The van der Waals surface area contributed by atoms with Crippen molar-refractivity contribution in [1.82, 2.24) is 5.32 Å². The zero-order valence-corrected chi connectivity index (χ0v) is 9.25. The van der Waals surface area contributed by atoms with Crippen LogP contribution in [-0.4, -0.2) is 24.8 Å². The minimum Gasteiger partial charge on any atom is -0.377 e. The molecule has 0 radical (unpaired) electrons. The molecule has 2 heteroatoms. The summed E-state index contributed by atoms with van der Waals surface area (Å²) in [4.78, 5) is 0. The zero-order chi connectivity index (χ0) is 9.76. The van der Waals surface area contributed by atoms with E-state index in [1.54, 1.807) is 0 Å². The molecule has 0 aromatic rings. The monoisotopic (exact) mass is 195 g/mol. The summed E-state index contributed by atoms with van der Waals surface area (Å²) in [6, 6.07) is 1.54. The normalized spacial score (nSPS) is 45.4. The molecule has 1 saturated heterocycles. The van der Waals surface area contributed by atoms with E-state index in [4.69, 9.17) is 4.74 Å². The highest BCUT2D eigenvalue weighted by Crippen LogP contribution is 2.52. The first-order valence-corrected chi connectivity index (χ1v) is 6.07. The average Bonchev–Trinajstić information content (AvgIpc) is 2.47. The number of hydrogen-bond acceptors (Lipinski definition) is 2. The van der Waals surface area contributed by atoms with Crippen molar-refractivity contribution in [3.63, 3.8) is 0 Å². The van der Waals surface area contributed by atoms with Crippen molar-refractivity contribution in [2.24, 2.45) is 11.3 Å². The largest absolute Gasteiger partial charge is 0.377 e. The van der Waals surface area contributed by atoms with Gasteiger partial charge in [0.25, 0.3) is 0 Å². The van der Waals surface area contributed by atoms with Gasteiger partial charge in [-0.3, -0.25) is 0 Å². The quantitative estimate of drug-likeness (QED) is 0.727. The molecule has 2 nitrogen and oxygen atoms in total. The Morgan fingerprint density at radius 3 is 2.64 bits per heavy atom. The Labute approximate surface area is 86.4 Å². The fourth-order valence-electron chi connectivity index (χ4n) is 3.49. The lowest BCUT2D eigenvalue weighted by atomic mass is 9.57. The van der Waals surface area contributed by atoms with Gasteiger partial charge in [0.05, 0.1) is 6.10 Å². The number of ether oxygens (including phenoxy) is 1. The van der Waals surface area contributed by atoms with Gasteiger partial charge in [-0.15, -0.1) is 0 Å². The standard InChI is InChI=1S/C12H21NO/c1-12(2)10(13-8-4-3-5-8)9-6-7-14-11(9)12/h8-11,13H,3-7H2,1-2H3/t9-,10?,11-/m0/s1. The summed E-state index contributed by atoms with van der Waals surface area (Å²) in [6.45, 7) is 5.70. The van der Waals surface area contributed by atoms with Crippen LogP contribution >= 0.6 is 0 Å². The Hall–Kier alpha value is -0.0800. The second-order valence-corrected chi connectivity index (χ2v) is 5.84. The zero-order valence-electron chi connectivity index (χ0n) is 9.25. The van der Waals surface area contributed by atoms with Gasteiger partial charge in [-0.25, -0.2) is 0 Å². The molecule has 1 aliphatic heterocycles. The van der Waals surface area contributed by atoms with E-state index in [1.807, 2.05) is 0 Å². The lowest BCUT2D eigenvalue weighted by molar-refractivity contribution is -0.117. The van der Waals surface area contributed by atoms with Crippen LogP contribution in [0.2, 0.25) is 0 Å². The van der Waals surface area contributed by atoms with Crippen LogP contribution in [0.15, 0.2) is 0 Å². The van der Waals surface area contributed by atoms with Gasteiger partial charge >= 0.3 is 0 Å². The van der Waals surface area contributed by atoms with Crippen LogP contribution in [-0.2, 0) is 4.74 Å². The predicted octanol–water partition coefficient (Wildman–Crippen LogP) is 1.94. The molecule has 1 unspecified atom stereocenters. The predicted molar refractivity (Wildman–Crippen MR) is 56.2 cm³/mol. The molecular formula is C12H21NO. The van der Waals surface area contributed by atoms with Crippen molar-refractivity contribution < 1.29 is 4.74 Å². The summed E-state index contributed by atoms with van der Waals surface area (Å²) in [5.41, 5.74) is 0.372. The minimum atomic E-state index is 0.372. The van der Waals surface area contributed by atoms with Gasteiger partial charge in [0.1, 0.15) is 0 Å². The van der Waals surface area contributed by atoms with Crippen molar-refractivity contribution in [2.45, 2.75) is 57.7 Å². The van der Waals surface area contributed by atoms with Gasteiger partial charge in [0, 0.05) is 30.0 Å². The first kappa shape index (κ1) is 9.17. The minimum absolute atomic E-state index is 0.372. The molecule has 3 aliphatic rings. The smallest absolute Gasteiger partial charge is 0.0685 e. The Morgan fingerprint density at radius 1 is 1.21 bits per heavy atom. The summed E-state index contributed by atoms with van der Waals surface area (Å²) in [5, 5.41) is 3.83. The highest BCUT2D eigenvalue weighted by atomic mass is 16.5. The van der Waals surface area contributed by atoms with E-state index in [-0.39, 0.29) is 0 Å². The fourth-order valence-corrected chi connectivity index (χ4v) is 3.49. The molecule has 3 rings (SSSR count). The third-order valence-corrected chi connectivity index (χ3v) is 4.62. The molecule has 0 aromatic heterocycles. The van der Waals surface area contributed by atoms with Gasteiger partial charge in [-0.2, -0.15) is 0 Å². The van der Waals surface area contributed by atoms with Gasteiger partial charge in [0.2, 0.25) is 0 Å². The molecule has 0 amide bonds. The summed E-state index contributed by atoms with van der Waals surface area (Å²) in [6.07, 6.45) is 6.03. The Morgan fingerprint density at radius 2 is 2.00 bits per heavy atom. The summed E-state index contributed by atoms with van der Waals surface area (Å²) in [5.74, 6) is 0.811. The van der Waals surface area contributed by atoms with E-state index >= 15 is 0 Å². The average molecular weight is 195 g/mol. The fraction of sp³-hybridized carbons (Fsp3) is 1.00. The topological polar surface area (TPSA) is 21.3 Å². The van der Waals surface area contributed by atoms with E-state index in [1.165, 1.54) is 25.7 Å². The van der Waals surface area contributed by atoms with E-state index < -0.39 is 0 Å². The molecule has 14 heavy (non-hydrogen) atoms. The molecule has 0 bridgehead atoms. The maximum absolute atomic E-state index is 5.79. The lowest BCUT2D eigenvalue weighted by Gasteiger charge is -2.56. The molecule has 1 heterocycles. The van der Waals surface area contributed by atoms with Crippen molar-refractivity contribution >= 4 is 0 Å². The molecule has 0 spiro atoms. The summed E-state index contributed by atoms with van der Waals surface area (Å²) >= 11 is 0. The second kappa shape index (κ2) is 2.96. The molecule has 1 N–H and O–H groups in total. The van der Waals surface area contributed by atoms with Gasteiger partial charge in [-0.1, -0.05) is 20.3 Å². The molecule has 2 aliphatic carbocycles. The second-order valence-electron chi connectivity index (χ2n) is 5.84. The van der Waals surface area contributed by atoms with Crippen molar-refractivity contribution in [1.29, 1.82) is 0 Å². The highest BCUT2D eigenvalue weighted by molar-refractivity contribution is 5.12. The third-order valence-electron chi connectivity index (χ3n) is 4.62. The van der Waals surface area contributed by atoms with E-state index in [0.29, 0.717) is 11.5 Å². The van der Waals surface area contributed by atoms with Crippen LogP contribution in [0.25, 0.3) is 0 Å². The molecule has 80 valence electrons. The van der Waals surface area contributed by atoms with E-state index in [2.05, 4.69) is 19.2 Å². The van der Waals surface area contributed by atoms with Crippen molar-refractivity contribution in [3.8, 4) is 0 Å². The highest BCUT2D eigenvalue weighted by Gasteiger charge is 2.59. The number of hydrogen-bond donors (Lipinski definition) is 1. The van der Waals surface area contributed by atoms with Crippen LogP contribution < -0.4 is 5.32 Å². The SMILES string of the molecule is CC1(C)C(NC2CCC2)[C@@H]2CCO[C@@H]21. The number of nitrogens with one attached hydrogen (secondary N) is 1. The van der Waals surface area contributed by atoms with Gasteiger partial charge in [-0.05, 0) is 19.3 Å². The number of rotatable bonds is 2. The van der Waals surface area contributed by atoms with Crippen molar-refractivity contribution in [3.05, 3.63) is 0 Å². The molecule has 0 aromatic carbocycles. The van der Waals surface area contributed by atoms with E-state index in [9.17, 15) is 0 Å². The molecular weight excluding hydrogens is 174 g/mol. The van der Waals surface area contributed by atoms with Crippen LogP contribution in [0.4, 0.5) is 0 Å². The molecule has 3 atom stereocenters. The van der Waals surface area contributed by atoms with Crippen LogP contribution in [0.5, 0.6) is 0 Å². The van der Waals surface area contributed by atoms with E-state index in [0.717, 1.165) is 24.6 Å². The Balaban J connectivity index is 1.66. The number of fused-ring (bicyclic) bond motifs is 1. The first-order valence-electron chi connectivity index (χ1n) is 6.07. The van der Waals surface area contributed by atoms with Crippen LogP contribution in [0, 0.1) is 11.3 Å². The first-order chi connectivity index (χ1) is 6.69. The molecule has 3 fully saturated rings. The van der Waals surface area contributed by atoms with Crippen molar-refractivity contribution in [2.75, 3.05) is 6.61 Å².